The van der Waals surface area contributed by atoms with E-state index in [2.05, 4.69) is 26.1 Å². The summed E-state index contributed by atoms with van der Waals surface area (Å²) in [5.74, 6) is -0.611. The van der Waals surface area contributed by atoms with Gasteiger partial charge in [0.1, 0.15) is 0 Å². The molecule has 0 spiro atoms. The van der Waals surface area contributed by atoms with E-state index in [-0.39, 0.29) is 30.9 Å². The summed E-state index contributed by atoms with van der Waals surface area (Å²) in [6, 6.07) is 13.2. The Hall–Kier alpha value is -2.90. The van der Waals surface area contributed by atoms with Crippen molar-refractivity contribution in [3.05, 3.63) is 64.7 Å². The molecule has 2 aromatic carbocycles. The topological polar surface area (TPSA) is 88.1 Å². The number of amides is 2. The standard InChI is InChI=1S/C30H42N2O5/c1-20(2)23(5)32(30(35)31-27-15-7-6-10-21(27)3)16-17-36-25-13-9-14-26(18-25)37-19-24-12-8-11-22(4)28(24)29(33)34/h6-8,10-12,15,20,23,25-26H,9,13-14,16-19H2,1-5H3,(H,31,35)(H,33,34)/t23?,25-,26+/m0/s1. The van der Waals surface area contributed by atoms with Crippen molar-refractivity contribution in [1.29, 1.82) is 0 Å². The van der Waals surface area contributed by atoms with Crippen LogP contribution in [0.25, 0.3) is 0 Å². The number of aryl methyl sites for hydroxylation is 2. The molecule has 0 bridgehead atoms. The van der Waals surface area contributed by atoms with Crippen LogP contribution < -0.4 is 5.32 Å². The highest BCUT2D eigenvalue weighted by Gasteiger charge is 2.26. The summed E-state index contributed by atoms with van der Waals surface area (Å²) in [6.07, 6.45) is 3.74. The Morgan fingerprint density at radius 3 is 2.35 bits per heavy atom. The summed E-state index contributed by atoms with van der Waals surface area (Å²) >= 11 is 0. The molecule has 0 aliphatic heterocycles. The van der Waals surface area contributed by atoms with Crippen LogP contribution in [0, 0.1) is 19.8 Å². The zero-order valence-corrected chi connectivity index (χ0v) is 22.8. The van der Waals surface area contributed by atoms with Gasteiger partial charge in [0, 0.05) is 18.3 Å². The Labute approximate surface area is 221 Å². The van der Waals surface area contributed by atoms with E-state index in [9.17, 15) is 14.7 Å². The number of carboxylic acid groups (broad SMARTS) is 1. The molecule has 37 heavy (non-hydrogen) atoms. The monoisotopic (exact) mass is 510 g/mol. The maximum atomic E-state index is 13.2. The molecule has 1 fully saturated rings. The quantitative estimate of drug-likeness (QED) is 0.364. The summed E-state index contributed by atoms with van der Waals surface area (Å²) in [7, 11) is 0. The largest absolute Gasteiger partial charge is 0.478 e. The molecule has 0 aromatic heterocycles. The van der Waals surface area contributed by atoms with Crippen LogP contribution in [0.2, 0.25) is 0 Å². The van der Waals surface area contributed by atoms with E-state index in [1.807, 2.05) is 61.2 Å². The minimum absolute atomic E-state index is 0.0240. The highest BCUT2D eigenvalue weighted by atomic mass is 16.5. The van der Waals surface area contributed by atoms with Gasteiger partial charge in [0.05, 0.1) is 31.0 Å². The van der Waals surface area contributed by atoms with Crippen LogP contribution in [-0.2, 0) is 16.1 Å². The Morgan fingerprint density at radius 1 is 1.00 bits per heavy atom. The van der Waals surface area contributed by atoms with Crippen molar-refractivity contribution in [2.45, 2.75) is 85.2 Å². The average molecular weight is 511 g/mol. The van der Waals surface area contributed by atoms with Gasteiger partial charge in [-0.05, 0) is 75.1 Å². The second-order valence-electron chi connectivity index (χ2n) is 10.4. The third kappa shape index (κ3) is 8.04. The number of anilines is 1. The van der Waals surface area contributed by atoms with Gasteiger partial charge in [-0.25, -0.2) is 9.59 Å². The fourth-order valence-corrected chi connectivity index (χ4v) is 4.84. The van der Waals surface area contributed by atoms with Crippen molar-refractivity contribution in [3.8, 4) is 0 Å². The number of nitrogens with zero attached hydrogens (tertiary/aromatic N) is 1. The van der Waals surface area contributed by atoms with E-state index in [0.29, 0.717) is 30.2 Å². The summed E-state index contributed by atoms with van der Waals surface area (Å²) in [5, 5.41) is 12.6. The molecule has 0 saturated heterocycles. The van der Waals surface area contributed by atoms with Crippen molar-refractivity contribution in [1.82, 2.24) is 4.90 Å². The van der Waals surface area contributed by atoms with Crippen LogP contribution in [0.1, 0.15) is 73.5 Å². The molecule has 7 nitrogen and oxygen atoms in total. The first-order valence-corrected chi connectivity index (χ1v) is 13.4. The van der Waals surface area contributed by atoms with Gasteiger partial charge >= 0.3 is 12.0 Å². The number of carbonyl (C=O) groups excluding carboxylic acids is 1. The number of hydrogen-bond donors (Lipinski definition) is 2. The van der Waals surface area contributed by atoms with E-state index in [0.717, 1.165) is 42.5 Å². The Balaban J connectivity index is 1.53. The SMILES string of the molecule is Cc1ccccc1NC(=O)N(CCO[C@H]1CCC[C@@H](OCc2cccc(C)c2C(=O)O)C1)C(C)C(C)C. The lowest BCUT2D eigenvalue weighted by molar-refractivity contribution is -0.0534. The van der Waals surface area contributed by atoms with Crippen LogP contribution in [-0.4, -0.2) is 53.4 Å². The van der Waals surface area contributed by atoms with Crippen LogP contribution in [0.3, 0.4) is 0 Å². The van der Waals surface area contributed by atoms with Crippen LogP contribution in [0.5, 0.6) is 0 Å². The number of benzene rings is 2. The van der Waals surface area contributed by atoms with Gasteiger partial charge in [-0.3, -0.25) is 0 Å². The second-order valence-corrected chi connectivity index (χ2v) is 10.4. The van der Waals surface area contributed by atoms with E-state index in [1.54, 1.807) is 0 Å². The summed E-state index contributed by atoms with van der Waals surface area (Å²) in [6.45, 7) is 11.3. The van der Waals surface area contributed by atoms with Gasteiger partial charge in [-0.15, -0.1) is 0 Å². The zero-order valence-electron chi connectivity index (χ0n) is 22.8. The van der Waals surface area contributed by atoms with Gasteiger partial charge in [0.2, 0.25) is 0 Å². The van der Waals surface area contributed by atoms with Crippen molar-refractivity contribution in [2.24, 2.45) is 5.92 Å². The van der Waals surface area contributed by atoms with Crippen molar-refractivity contribution in [3.63, 3.8) is 0 Å². The zero-order chi connectivity index (χ0) is 26.9. The number of rotatable bonds is 11. The molecule has 7 heteroatoms. The first-order chi connectivity index (χ1) is 17.7. The van der Waals surface area contributed by atoms with Crippen LogP contribution >= 0.6 is 0 Å². The smallest absolute Gasteiger partial charge is 0.336 e. The van der Waals surface area contributed by atoms with Gasteiger partial charge in [0.25, 0.3) is 0 Å². The molecule has 2 amide bonds. The number of urea groups is 1. The van der Waals surface area contributed by atoms with E-state index in [4.69, 9.17) is 9.47 Å². The Morgan fingerprint density at radius 2 is 1.68 bits per heavy atom. The van der Waals surface area contributed by atoms with Gasteiger partial charge in [0.15, 0.2) is 0 Å². The molecule has 2 N–H and O–H groups in total. The van der Waals surface area contributed by atoms with Crippen molar-refractivity contribution < 1.29 is 24.2 Å². The molecular weight excluding hydrogens is 468 g/mol. The number of carboxylic acids is 1. The molecule has 0 radical (unpaired) electrons. The fraction of sp³-hybridized carbons (Fsp3) is 0.533. The lowest BCUT2D eigenvalue weighted by Gasteiger charge is -2.34. The molecule has 3 rings (SSSR count). The third-order valence-corrected chi connectivity index (χ3v) is 7.42. The minimum atomic E-state index is -0.923. The first-order valence-electron chi connectivity index (χ1n) is 13.4. The van der Waals surface area contributed by atoms with Gasteiger partial charge in [-0.1, -0.05) is 50.2 Å². The average Bonchev–Trinajstić information content (AvgIpc) is 2.86. The first kappa shape index (κ1) is 28.7. The Kier molecular flexibility index (Phi) is 10.5. The van der Waals surface area contributed by atoms with E-state index >= 15 is 0 Å². The maximum absolute atomic E-state index is 13.2. The molecule has 1 unspecified atom stereocenters. The lowest BCUT2D eigenvalue weighted by Crippen LogP contribution is -2.46. The summed E-state index contributed by atoms with van der Waals surface area (Å²) in [4.78, 5) is 26.7. The predicted octanol–water partition coefficient (Wildman–Crippen LogP) is 6.42. The predicted molar refractivity (Wildman–Crippen MR) is 146 cm³/mol. The third-order valence-electron chi connectivity index (χ3n) is 7.42. The van der Waals surface area contributed by atoms with E-state index in [1.165, 1.54) is 0 Å². The van der Waals surface area contributed by atoms with Gasteiger partial charge in [-0.2, -0.15) is 0 Å². The highest BCUT2D eigenvalue weighted by molar-refractivity contribution is 5.91. The molecule has 3 atom stereocenters. The molecular formula is C30H42N2O5. The fourth-order valence-electron chi connectivity index (χ4n) is 4.84. The molecule has 1 aliphatic carbocycles. The normalized spacial score (nSPS) is 18.4. The minimum Gasteiger partial charge on any atom is -0.478 e. The number of aromatic carboxylic acids is 1. The number of para-hydroxylation sites is 1. The highest BCUT2D eigenvalue weighted by Crippen LogP contribution is 2.26. The Bertz CT molecular complexity index is 1050. The van der Waals surface area contributed by atoms with Crippen LogP contribution in [0.15, 0.2) is 42.5 Å². The second kappa shape index (κ2) is 13.6. The van der Waals surface area contributed by atoms with Gasteiger partial charge < -0.3 is 24.8 Å². The molecule has 0 heterocycles. The number of ether oxygens (including phenoxy) is 2. The molecule has 1 aliphatic rings. The molecule has 202 valence electrons. The van der Waals surface area contributed by atoms with Crippen molar-refractivity contribution in [2.75, 3.05) is 18.5 Å². The maximum Gasteiger partial charge on any atom is 0.336 e. The number of carbonyl (C=O) groups is 2. The number of nitrogens with one attached hydrogen (secondary N) is 1. The summed E-state index contributed by atoms with van der Waals surface area (Å²) < 4.78 is 12.4. The molecule has 1 saturated carbocycles. The van der Waals surface area contributed by atoms with Crippen molar-refractivity contribution >= 4 is 17.7 Å². The molecule has 2 aromatic rings. The van der Waals surface area contributed by atoms with E-state index < -0.39 is 5.97 Å². The van der Waals surface area contributed by atoms with Crippen LogP contribution in [0.4, 0.5) is 10.5 Å². The number of hydrogen-bond acceptors (Lipinski definition) is 4. The summed E-state index contributed by atoms with van der Waals surface area (Å²) in [5.41, 5.74) is 3.62. The lowest BCUT2D eigenvalue weighted by atomic mass is 9.94.